The Labute approximate surface area is 530 Å². The lowest BCUT2D eigenvalue weighted by molar-refractivity contribution is -0.218. The lowest BCUT2D eigenvalue weighted by Crippen LogP contribution is -2.30. The maximum atomic E-state index is 13.9. The first-order valence-electron chi connectivity index (χ1n) is 32.7. The van der Waals surface area contributed by atoms with E-state index in [-0.39, 0.29) is 48.4 Å². The van der Waals surface area contributed by atoms with Gasteiger partial charge in [0.25, 0.3) is 0 Å². The highest BCUT2D eigenvalue weighted by atomic mass is 32.1. The smallest absolute Gasteiger partial charge is 0.330 e. The number of aliphatic hydroxyl groups excluding tert-OH is 1. The molecule has 89 heavy (non-hydrogen) atoms. The number of fused-ring (bicyclic) bond motifs is 1. The first kappa shape index (κ1) is 69.4. The summed E-state index contributed by atoms with van der Waals surface area (Å²) in [5, 5.41) is 10.0. The number of ether oxygens (including phenoxy) is 7. The molecule has 17 heteroatoms. The Balaban J connectivity index is 0.901. The van der Waals surface area contributed by atoms with E-state index in [9.17, 15) is 19.2 Å². The SMILES string of the molecule is C=CC(=O)OCCCCCCOc1ccc(OC(=O)C2CCC(COOc3ccc(OC(=O)C4CCC(Oc5ccc(OCCCCCCOC(=O)C=C)cc5)CC4)cc3C=NC(CCCCCCCCCCCCO)c3nc4ccccc4s3)CC2)cc1. The Morgan fingerprint density at radius 2 is 1.06 bits per heavy atom. The van der Waals surface area contributed by atoms with Crippen LogP contribution in [-0.2, 0) is 33.5 Å². The number of carbonyl (C=O) groups is 4. The van der Waals surface area contributed by atoms with Crippen LogP contribution < -0.4 is 28.6 Å². The maximum Gasteiger partial charge on any atom is 0.330 e. The van der Waals surface area contributed by atoms with Crippen molar-refractivity contribution in [1.29, 1.82) is 0 Å². The number of unbranched alkanes of at least 4 members (excludes halogenated alkanes) is 15. The number of aliphatic hydroxyl groups is 1. The Morgan fingerprint density at radius 1 is 0.562 bits per heavy atom. The molecule has 7 rings (SSSR count). The van der Waals surface area contributed by atoms with Crippen molar-refractivity contribution >= 4 is 51.6 Å². The number of hydrogen-bond acceptors (Lipinski definition) is 17. The van der Waals surface area contributed by atoms with Crippen LogP contribution in [0.5, 0.6) is 34.5 Å². The van der Waals surface area contributed by atoms with Crippen LogP contribution in [0.4, 0.5) is 0 Å². The molecule has 0 saturated heterocycles. The van der Waals surface area contributed by atoms with E-state index in [4.69, 9.17) is 58.0 Å². The minimum absolute atomic E-state index is 0.0249. The highest BCUT2D eigenvalue weighted by Gasteiger charge is 2.31. The zero-order chi connectivity index (χ0) is 62.5. The molecule has 1 unspecified atom stereocenters. The fourth-order valence-electron chi connectivity index (χ4n) is 11.0. The number of rotatable bonds is 43. The summed E-state index contributed by atoms with van der Waals surface area (Å²) in [5.41, 5.74) is 1.56. The van der Waals surface area contributed by atoms with Gasteiger partial charge < -0.3 is 43.2 Å². The van der Waals surface area contributed by atoms with Crippen LogP contribution in [0, 0.1) is 17.8 Å². The summed E-state index contributed by atoms with van der Waals surface area (Å²) < 4.78 is 41.3. The fraction of sp³-hybridized carbons (Fsp3) is 0.528. The Hall–Kier alpha value is -7.08. The van der Waals surface area contributed by atoms with Crippen LogP contribution in [0.25, 0.3) is 10.2 Å². The molecule has 1 heterocycles. The normalized spacial score (nSPS) is 16.9. The Kier molecular flexibility index (Phi) is 31.6. The predicted octanol–water partition coefficient (Wildman–Crippen LogP) is 16.3. The summed E-state index contributed by atoms with van der Waals surface area (Å²) in [4.78, 5) is 71.9. The number of nitrogens with zero attached hydrogens (tertiary/aromatic N) is 2. The van der Waals surface area contributed by atoms with E-state index >= 15 is 0 Å². The molecule has 2 aliphatic rings. The number of thiazole rings is 1. The van der Waals surface area contributed by atoms with Crippen molar-refractivity contribution in [2.75, 3.05) is 39.6 Å². The number of para-hydroxylation sites is 1. The fourth-order valence-corrected chi connectivity index (χ4v) is 12.1. The van der Waals surface area contributed by atoms with Crippen LogP contribution in [0.3, 0.4) is 0 Å². The van der Waals surface area contributed by atoms with Gasteiger partial charge in [0.15, 0.2) is 5.75 Å². The summed E-state index contributed by atoms with van der Waals surface area (Å²) in [6.45, 7) is 9.37. The molecule has 1 atom stereocenters. The van der Waals surface area contributed by atoms with Crippen LogP contribution in [0.1, 0.15) is 190 Å². The molecule has 2 aliphatic carbocycles. The molecule has 482 valence electrons. The largest absolute Gasteiger partial charge is 0.494 e. The number of aliphatic imine (C=N–C) groups is 1. The second kappa shape index (κ2) is 40.5. The van der Waals surface area contributed by atoms with E-state index in [1.54, 1.807) is 47.9 Å². The molecule has 16 nitrogen and oxygen atoms in total. The molecule has 2 fully saturated rings. The third-order valence-corrected chi connectivity index (χ3v) is 17.5. The molecule has 0 bridgehead atoms. The molecule has 0 spiro atoms. The zero-order valence-corrected chi connectivity index (χ0v) is 52.9. The van der Waals surface area contributed by atoms with Gasteiger partial charge in [-0.05, 0) is 200 Å². The summed E-state index contributed by atoms with van der Waals surface area (Å²) in [6, 6.07) is 28.1. The second-order valence-electron chi connectivity index (χ2n) is 23.3. The average Bonchev–Trinajstić information content (AvgIpc) is 3.93. The van der Waals surface area contributed by atoms with Gasteiger partial charge in [-0.25, -0.2) is 14.6 Å². The standard InChI is InChI=1S/C72H94N2O14S/c1-3-68(76)82-49-23-15-13-21-47-80-58-36-40-61(41-37-58)85-60-34-32-56(33-35-60)72(79)87-63-44-45-66(57(51-63)52-73-65(70-74-64-25-18-19-27-67(64)89-70)26-17-11-9-7-5-6-8-10-12-20-46-75)88-84-53-54-28-30-55(31-29-54)71(78)86-62-42-38-59(39-43-62)81-48-22-14-16-24-50-83-69(77)4-2/h3-4,18-19,25,27,36-45,51-52,54-56,60,65,75H,1-2,5-17,20-24,26,28-35,46-50,53H2. The monoisotopic (exact) mass is 1240 g/mol. The van der Waals surface area contributed by atoms with Gasteiger partial charge in [0.2, 0.25) is 0 Å². The molecule has 1 aromatic heterocycles. The van der Waals surface area contributed by atoms with Gasteiger partial charge in [0.1, 0.15) is 39.8 Å². The van der Waals surface area contributed by atoms with Crippen molar-refractivity contribution < 1.29 is 67.2 Å². The van der Waals surface area contributed by atoms with Crippen LogP contribution in [0.15, 0.2) is 121 Å². The Morgan fingerprint density at radius 3 is 1.63 bits per heavy atom. The summed E-state index contributed by atoms with van der Waals surface area (Å²) in [5.74, 6) is 1.90. The lowest BCUT2D eigenvalue weighted by atomic mass is 9.82. The quantitative estimate of drug-likeness (QED) is 0.00735. The highest BCUT2D eigenvalue weighted by molar-refractivity contribution is 7.18. The molecular formula is C72H94N2O14S. The molecule has 1 N–H and O–H groups in total. The molecular weight excluding hydrogens is 1150 g/mol. The minimum atomic E-state index is -0.399. The second-order valence-corrected chi connectivity index (χ2v) is 24.4. The highest BCUT2D eigenvalue weighted by Crippen LogP contribution is 2.36. The van der Waals surface area contributed by atoms with E-state index < -0.39 is 11.9 Å². The third-order valence-electron chi connectivity index (χ3n) is 16.3. The van der Waals surface area contributed by atoms with E-state index in [0.717, 1.165) is 129 Å². The van der Waals surface area contributed by atoms with Crippen molar-refractivity contribution in [3.8, 4) is 34.5 Å². The number of benzene rings is 4. The van der Waals surface area contributed by atoms with E-state index in [1.807, 2.05) is 54.6 Å². The van der Waals surface area contributed by atoms with Gasteiger partial charge in [-0.1, -0.05) is 83.1 Å². The van der Waals surface area contributed by atoms with Crippen LogP contribution in [-0.4, -0.2) is 85.9 Å². The number of aromatic nitrogens is 1. The van der Waals surface area contributed by atoms with Gasteiger partial charge in [0.05, 0.1) is 61.2 Å². The molecule has 4 aromatic carbocycles. The van der Waals surface area contributed by atoms with Crippen LogP contribution in [0.2, 0.25) is 0 Å². The van der Waals surface area contributed by atoms with Crippen molar-refractivity contribution in [3.05, 3.63) is 127 Å². The first-order valence-corrected chi connectivity index (χ1v) is 33.5. The molecule has 0 aliphatic heterocycles. The Bertz CT molecular complexity index is 2880. The molecule has 5 aromatic rings. The number of carbonyl (C=O) groups excluding carboxylic acids is 4. The molecule has 2 saturated carbocycles. The number of esters is 4. The van der Waals surface area contributed by atoms with Gasteiger partial charge in [-0.15, -0.1) is 11.3 Å². The van der Waals surface area contributed by atoms with Crippen molar-refractivity contribution in [1.82, 2.24) is 4.98 Å². The van der Waals surface area contributed by atoms with E-state index in [0.29, 0.717) is 100 Å². The van der Waals surface area contributed by atoms with E-state index in [2.05, 4.69) is 19.2 Å². The van der Waals surface area contributed by atoms with Crippen molar-refractivity contribution in [3.63, 3.8) is 0 Å². The third kappa shape index (κ3) is 26.1. The lowest BCUT2D eigenvalue weighted by Gasteiger charge is -2.28. The topological polar surface area (TPSA) is 197 Å². The average molecular weight is 1240 g/mol. The molecule has 0 amide bonds. The van der Waals surface area contributed by atoms with Crippen molar-refractivity contribution in [2.45, 2.75) is 186 Å². The van der Waals surface area contributed by atoms with Gasteiger partial charge in [0, 0.05) is 30.5 Å². The summed E-state index contributed by atoms with van der Waals surface area (Å²) in [6.07, 6.45) is 29.1. The van der Waals surface area contributed by atoms with Gasteiger partial charge in [-0.3, -0.25) is 14.6 Å². The zero-order valence-electron chi connectivity index (χ0n) is 52.1. The summed E-state index contributed by atoms with van der Waals surface area (Å²) in [7, 11) is 0. The van der Waals surface area contributed by atoms with Gasteiger partial charge in [-0.2, -0.15) is 4.89 Å². The minimum Gasteiger partial charge on any atom is -0.494 e. The van der Waals surface area contributed by atoms with E-state index in [1.165, 1.54) is 44.3 Å². The number of hydrogen-bond donors (Lipinski definition) is 1. The summed E-state index contributed by atoms with van der Waals surface area (Å²) >= 11 is 1.67. The molecule has 0 radical (unpaired) electrons. The first-order chi connectivity index (χ1) is 43.7. The van der Waals surface area contributed by atoms with Crippen molar-refractivity contribution in [2.24, 2.45) is 22.7 Å². The van der Waals surface area contributed by atoms with Gasteiger partial charge >= 0.3 is 23.9 Å². The van der Waals surface area contributed by atoms with Crippen LogP contribution >= 0.6 is 11.3 Å². The predicted molar refractivity (Wildman–Crippen MR) is 347 cm³/mol. The maximum absolute atomic E-state index is 13.9.